The average Bonchev–Trinajstić information content (AvgIpc) is 2.44. The molecule has 0 aromatic heterocycles. The van der Waals surface area contributed by atoms with Gasteiger partial charge in [-0.25, -0.2) is 13.6 Å². The summed E-state index contributed by atoms with van der Waals surface area (Å²) in [6.07, 6.45) is 0. The van der Waals surface area contributed by atoms with Gasteiger partial charge in [0.25, 0.3) is 0 Å². The number of carbonyl (C=O) groups excluding carboxylic acids is 1. The fourth-order valence-corrected chi connectivity index (χ4v) is 1.83. The van der Waals surface area contributed by atoms with Gasteiger partial charge < -0.3 is 10.1 Å². The molecule has 0 aliphatic heterocycles. The van der Waals surface area contributed by atoms with E-state index in [2.05, 4.69) is 5.32 Å². The van der Waals surface area contributed by atoms with Crippen molar-refractivity contribution in [3.63, 3.8) is 0 Å². The summed E-state index contributed by atoms with van der Waals surface area (Å²) in [5.41, 5.74) is 0.811. The van der Waals surface area contributed by atoms with Crippen molar-refractivity contribution in [1.82, 2.24) is 0 Å². The van der Waals surface area contributed by atoms with E-state index in [1.54, 1.807) is 12.1 Å². The molecule has 0 radical (unpaired) electrons. The lowest BCUT2D eigenvalue weighted by Crippen LogP contribution is -2.22. The van der Waals surface area contributed by atoms with Crippen LogP contribution in [-0.4, -0.2) is 13.1 Å². The number of esters is 1. The number of rotatable bonds is 4. The van der Waals surface area contributed by atoms with Crippen LogP contribution in [0.3, 0.4) is 0 Å². The molecule has 0 spiro atoms. The van der Waals surface area contributed by atoms with Crippen molar-refractivity contribution < 1.29 is 18.3 Å². The maximum Gasteiger partial charge on any atom is 0.332 e. The van der Waals surface area contributed by atoms with E-state index in [1.165, 1.54) is 43.5 Å². The van der Waals surface area contributed by atoms with Gasteiger partial charge >= 0.3 is 5.97 Å². The summed E-state index contributed by atoms with van der Waals surface area (Å²) in [6.45, 7) is 0. The van der Waals surface area contributed by atoms with Gasteiger partial charge in [-0.3, -0.25) is 0 Å². The summed E-state index contributed by atoms with van der Waals surface area (Å²) in [5, 5.41) is 2.83. The number of hydrogen-bond acceptors (Lipinski definition) is 3. The van der Waals surface area contributed by atoms with Crippen LogP contribution in [0.15, 0.2) is 48.5 Å². The first-order valence-corrected chi connectivity index (χ1v) is 5.95. The van der Waals surface area contributed by atoms with Gasteiger partial charge in [-0.2, -0.15) is 0 Å². The molecule has 3 nitrogen and oxygen atoms in total. The first-order chi connectivity index (χ1) is 9.60. The summed E-state index contributed by atoms with van der Waals surface area (Å²) in [5.74, 6) is -1.48. The van der Waals surface area contributed by atoms with E-state index < -0.39 is 23.6 Å². The van der Waals surface area contributed by atoms with E-state index in [-0.39, 0.29) is 0 Å². The van der Waals surface area contributed by atoms with Crippen LogP contribution in [0.2, 0.25) is 0 Å². The normalized spacial score (nSPS) is 11.8. The van der Waals surface area contributed by atoms with Gasteiger partial charge in [0, 0.05) is 5.69 Å². The molecular formula is C15H13F2NO2. The second-order valence-electron chi connectivity index (χ2n) is 4.17. The van der Waals surface area contributed by atoms with Crippen LogP contribution in [0.4, 0.5) is 14.5 Å². The van der Waals surface area contributed by atoms with Gasteiger partial charge in [0.1, 0.15) is 11.6 Å². The van der Waals surface area contributed by atoms with Crippen LogP contribution in [0.25, 0.3) is 0 Å². The first-order valence-electron chi connectivity index (χ1n) is 5.95. The van der Waals surface area contributed by atoms with Crippen molar-refractivity contribution in [2.24, 2.45) is 0 Å². The lowest BCUT2D eigenvalue weighted by atomic mass is 10.1. The van der Waals surface area contributed by atoms with Gasteiger partial charge in [-0.05, 0) is 35.9 Å². The highest BCUT2D eigenvalue weighted by molar-refractivity contribution is 5.81. The van der Waals surface area contributed by atoms with Crippen molar-refractivity contribution in [2.75, 3.05) is 12.4 Å². The molecule has 0 amide bonds. The van der Waals surface area contributed by atoms with Crippen molar-refractivity contribution in [2.45, 2.75) is 6.04 Å². The molecule has 2 rings (SSSR count). The molecule has 0 bridgehead atoms. The second-order valence-corrected chi connectivity index (χ2v) is 4.17. The zero-order valence-corrected chi connectivity index (χ0v) is 10.8. The summed E-state index contributed by atoms with van der Waals surface area (Å²) in [6, 6.07) is 10.3. The minimum absolute atomic E-state index is 0.404. The third-order valence-electron chi connectivity index (χ3n) is 2.75. The van der Waals surface area contributed by atoms with Crippen LogP contribution < -0.4 is 5.32 Å². The molecule has 0 aliphatic carbocycles. The molecule has 2 aromatic rings. The van der Waals surface area contributed by atoms with E-state index in [1.807, 2.05) is 0 Å². The monoisotopic (exact) mass is 277 g/mol. The van der Waals surface area contributed by atoms with Gasteiger partial charge in [0.2, 0.25) is 0 Å². The number of nitrogens with one attached hydrogen (secondary N) is 1. The maximum atomic E-state index is 13.3. The fourth-order valence-electron chi connectivity index (χ4n) is 1.83. The molecule has 2 aromatic carbocycles. The van der Waals surface area contributed by atoms with Gasteiger partial charge in [0.05, 0.1) is 7.11 Å². The minimum Gasteiger partial charge on any atom is -0.467 e. The summed E-state index contributed by atoms with van der Waals surface area (Å²) >= 11 is 0. The smallest absolute Gasteiger partial charge is 0.332 e. The van der Waals surface area contributed by atoms with Crippen molar-refractivity contribution in [3.8, 4) is 0 Å². The number of benzene rings is 2. The van der Waals surface area contributed by atoms with Crippen molar-refractivity contribution >= 4 is 11.7 Å². The highest BCUT2D eigenvalue weighted by atomic mass is 19.1. The highest BCUT2D eigenvalue weighted by Crippen LogP contribution is 2.22. The lowest BCUT2D eigenvalue weighted by molar-refractivity contribution is -0.141. The van der Waals surface area contributed by atoms with Gasteiger partial charge in [-0.1, -0.05) is 18.2 Å². The third-order valence-corrected chi connectivity index (χ3v) is 2.75. The van der Waals surface area contributed by atoms with E-state index in [0.717, 1.165) is 0 Å². The Morgan fingerprint density at radius 3 is 2.35 bits per heavy atom. The summed E-state index contributed by atoms with van der Waals surface area (Å²) in [7, 11) is 1.24. The highest BCUT2D eigenvalue weighted by Gasteiger charge is 2.21. The van der Waals surface area contributed by atoms with Crippen molar-refractivity contribution in [1.29, 1.82) is 0 Å². The molecule has 0 heterocycles. The lowest BCUT2D eigenvalue weighted by Gasteiger charge is -2.18. The van der Waals surface area contributed by atoms with Crippen LogP contribution >= 0.6 is 0 Å². The molecule has 20 heavy (non-hydrogen) atoms. The average molecular weight is 277 g/mol. The number of halogens is 2. The molecule has 0 saturated carbocycles. The van der Waals surface area contributed by atoms with Crippen LogP contribution in [0.1, 0.15) is 11.6 Å². The van der Waals surface area contributed by atoms with Crippen LogP contribution in [0.5, 0.6) is 0 Å². The number of hydrogen-bond donors (Lipinski definition) is 1. The third kappa shape index (κ3) is 3.32. The summed E-state index contributed by atoms with van der Waals surface area (Å²) < 4.78 is 31.1. The van der Waals surface area contributed by atoms with E-state index in [9.17, 15) is 13.6 Å². The Kier molecular flexibility index (Phi) is 4.30. The fraction of sp³-hybridized carbons (Fsp3) is 0.133. The van der Waals surface area contributed by atoms with Crippen LogP contribution in [0, 0.1) is 11.6 Å². The Morgan fingerprint density at radius 1 is 1.10 bits per heavy atom. The Bertz CT molecular complexity index is 616. The molecule has 0 saturated heterocycles. The standard InChI is InChI=1S/C15H13F2NO2/c1-20-15(19)14(10-4-2-5-11(16)8-10)18-13-7-3-6-12(17)9-13/h2-9,14,18H,1H3. The number of carbonyl (C=O) groups is 1. The quantitative estimate of drug-likeness (QED) is 0.871. The van der Waals surface area contributed by atoms with E-state index >= 15 is 0 Å². The van der Waals surface area contributed by atoms with Crippen LogP contribution in [-0.2, 0) is 9.53 Å². The molecular weight excluding hydrogens is 264 g/mol. The largest absolute Gasteiger partial charge is 0.467 e. The molecule has 104 valence electrons. The molecule has 1 atom stereocenters. The molecule has 0 aliphatic rings. The molecule has 0 fully saturated rings. The first kappa shape index (κ1) is 14.0. The minimum atomic E-state index is -0.905. The predicted molar refractivity (Wildman–Crippen MR) is 71.2 cm³/mol. The second kappa shape index (κ2) is 6.14. The van der Waals surface area contributed by atoms with E-state index in [4.69, 9.17) is 4.74 Å². The van der Waals surface area contributed by atoms with Crippen molar-refractivity contribution in [3.05, 3.63) is 65.7 Å². The van der Waals surface area contributed by atoms with Gasteiger partial charge in [-0.15, -0.1) is 0 Å². The molecule has 1 unspecified atom stereocenters. The molecule has 5 heteroatoms. The van der Waals surface area contributed by atoms with Gasteiger partial charge in [0.15, 0.2) is 6.04 Å². The Labute approximate surface area is 115 Å². The summed E-state index contributed by atoms with van der Waals surface area (Å²) in [4.78, 5) is 11.8. The maximum absolute atomic E-state index is 13.3. The number of methoxy groups -OCH3 is 1. The Morgan fingerprint density at radius 2 is 1.75 bits per heavy atom. The topological polar surface area (TPSA) is 38.3 Å². The number of anilines is 1. The van der Waals surface area contributed by atoms with E-state index in [0.29, 0.717) is 11.3 Å². The Balaban J connectivity index is 2.31. The zero-order chi connectivity index (χ0) is 14.5. The predicted octanol–water partition coefficient (Wildman–Crippen LogP) is 3.29. The molecule has 1 N–H and O–H groups in total. The number of ether oxygens (including phenoxy) is 1. The SMILES string of the molecule is COC(=O)C(Nc1cccc(F)c1)c1cccc(F)c1. The zero-order valence-electron chi connectivity index (χ0n) is 10.8. The Hall–Kier alpha value is -2.43.